The van der Waals surface area contributed by atoms with Crippen molar-refractivity contribution in [2.24, 2.45) is 0 Å². The predicted molar refractivity (Wildman–Crippen MR) is 77.7 cm³/mol. The molecule has 0 aliphatic carbocycles. The Kier molecular flexibility index (Phi) is 3.51. The highest BCUT2D eigenvalue weighted by molar-refractivity contribution is 7.98. The molecule has 0 spiro atoms. The molecule has 0 aliphatic rings. The SMILES string of the molecule is CSc1nc(NCc2ccc(C)cc2)c2nonc2n1. The molecule has 2 heterocycles. The first-order chi connectivity index (χ1) is 9.76. The van der Waals surface area contributed by atoms with Crippen LogP contribution >= 0.6 is 11.8 Å². The topological polar surface area (TPSA) is 76.7 Å². The third-order valence-corrected chi connectivity index (χ3v) is 3.42. The zero-order valence-corrected chi connectivity index (χ0v) is 11.9. The molecule has 1 N–H and O–H groups in total. The van der Waals surface area contributed by atoms with Crippen LogP contribution in [0.2, 0.25) is 0 Å². The molecular formula is C13H13N5OS. The Hall–Kier alpha value is -2.15. The van der Waals surface area contributed by atoms with Crippen LogP contribution < -0.4 is 5.32 Å². The maximum atomic E-state index is 4.72. The van der Waals surface area contributed by atoms with E-state index in [4.69, 9.17) is 4.63 Å². The lowest BCUT2D eigenvalue weighted by Gasteiger charge is -2.06. The lowest BCUT2D eigenvalue weighted by Crippen LogP contribution is -2.03. The van der Waals surface area contributed by atoms with Gasteiger partial charge >= 0.3 is 0 Å². The van der Waals surface area contributed by atoms with Crippen molar-refractivity contribution in [1.29, 1.82) is 0 Å². The minimum Gasteiger partial charge on any atom is -0.364 e. The van der Waals surface area contributed by atoms with E-state index in [-0.39, 0.29) is 0 Å². The Morgan fingerprint density at radius 1 is 1.15 bits per heavy atom. The highest BCUT2D eigenvalue weighted by Gasteiger charge is 2.12. The number of aromatic nitrogens is 4. The lowest BCUT2D eigenvalue weighted by molar-refractivity contribution is 0.314. The summed E-state index contributed by atoms with van der Waals surface area (Å²) >= 11 is 1.45. The Bertz CT molecular complexity index is 725. The van der Waals surface area contributed by atoms with Crippen LogP contribution in [0.5, 0.6) is 0 Å². The first kappa shape index (κ1) is 12.9. The molecule has 20 heavy (non-hydrogen) atoms. The van der Waals surface area contributed by atoms with Crippen LogP contribution in [-0.2, 0) is 6.54 Å². The fourth-order valence-corrected chi connectivity index (χ4v) is 2.14. The number of anilines is 1. The van der Waals surface area contributed by atoms with Gasteiger partial charge in [-0.05, 0) is 29.1 Å². The summed E-state index contributed by atoms with van der Waals surface area (Å²) in [5.41, 5.74) is 3.43. The molecule has 6 nitrogen and oxygen atoms in total. The molecule has 3 aromatic rings. The molecule has 0 atom stereocenters. The number of benzene rings is 1. The number of hydrogen-bond donors (Lipinski definition) is 1. The minimum absolute atomic E-state index is 0.468. The molecule has 0 saturated carbocycles. The summed E-state index contributed by atoms with van der Waals surface area (Å²) in [6.45, 7) is 2.73. The van der Waals surface area contributed by atoms with E-state index in [2.05, 4.69) is 56.8 Å². The van der Waals surface area contributed by atoms with Gasteiger partial charge in [0.25, 0.3) is 0 Å². The van der Waals surface area contributed by atoms with Crippen LogP contribution in [-0.4, -0.2) is 26.5 Å². The average Bonchev–Trinajstić information content (AvgIpc) is 2.94. The van der Waals surface area contributed by atoms with Crippen LogP contribution in [0.4, 0.5) is 5.82 Å². The highest BCUT2D eigenvalue weighted by atomic mass is 32.2. The summed E-state index contributed by atoms with van der Waals surface area (Å²) < 4.78 is 4.72. The van der Waals surface area contributed by atoms with Crippen molar-refractivity contribution in [3.05, 3.63) is 35.4 Å². The molecule has 1 aromatic carbocycles. The summed E-state index contributed by atoms with van der Waals surface area (Å²) in [7, 11) is 0. The second-order valence-corrected chi connectivity index (χ2v) is 5.11. The van der Waals surface area contributed by atoms with Gasteiger partial charge in [0.1, 0.15) is 0 Å². The Balaban J connectivity index is 1.86. The Labute approximate surface area is 120 Å². The Morgan fingerprint density at radius 3 is 2.70 bits per heavy atom. The maximum Gasteiger partial charge on any atom is 0.230 e. The zero-order valence-electron chi connectivity index (χ0n) is 11.1. The summed E-state index contributed by atoms with van der Waals surface area (Å²) in [4.78, 5) is 8.63. The van der Waals surface area contributed by atoms with Crippen LogP contribution in [0, 0.1) is 6.92 Å². The van der Waals surface area contributed by atoms with Gasteiger partial charge in [0.2, 0.25) is 5.65 Å². The molecule has 0 amide bonds. The molecular weight excluding hydrogens is 274 g/mol. The first-order valence-electron chi connectivity index (χ1n) is 6.10. The fourth-order valence-electron chi connectivity index (χ4n) is 1.78. The fraction of sp³-hybridized carbons (Fsp3) is 0.231. The second kappa shape index (κ2) is 5.46. The van der Waals surface area contributed by atoms with Crippen molar-refractivity contribution in [2.75, 3.05) is 11.6 Å². The molecule has 0 radical (unpaired) electrons. The molecule has 0 aliphatic heterocycles. The molecule has 102 valence electrons. The maximum absolute atomic E-state index is 4.72. The van der Waals surface area contributed by atoms with E-state index in [0.717, 1.165) is 0 Å². The smallest absolute Gasteiger partial charge is 0.230 e. The first-order valence-corrected chi connectivity index (χ1v) is 7.32. The highest BCUT2D eigenvalue weighted by Crippen LogP contribution is 2.21. The number of nitrogens with zero attached hydrogens (tertiary/aromatic N) is 4. The van der Waals surface area contributed by atoms with Crippen molar-refractivity contribution in [3.8, 4) is 0 Å². The zero-order chi connectivity index (χ0) is 13.9. The number of thioether (sulfide) groups is 1. The van der Waals surface area contributed by atoms with E-state index in [0.29, 0.717) is 28.7 Å². The monoisotopic (exact) mass is 287 g/mol. The largest absolute Gasteiger partial charge is 0.364 e. The van der Waals surface area contributed by atoms with Gasteiger partial charge in [-0.1, -0.05) is 41.6 Å². The van der Waals surface area contributed by atoms with Crippen molar-refractivity contribution >= 4 is 28.7 Å². The second-order valence-electron chi connectivity index (χ2n) is 4.33. The quantitative estimate of drug-likeness (QED) is 0.584. The molecule has 7 heteroatoms. The predicted octanol–water partition coefficient (Wildman–Crippen LogP) is 2.66. The van der Waals surface area contributed by atoms with Gasteiger partial charge in [0.15, 0.2) is 16.5 Å². The number of rotatable bonds is 4. The lowest BCUT2D eigenvalue weighted by atomic mass is 10.1. The summed E-state index contributed by atoms with van der Waals surface area (Å²) in [5, 5.41) is 11.5. The van der Waals surface area contributed by atoms with Gasteiger partial charge in [-0.2, -0.15) is 4.98 Å². The van der Waals surface area contributed by atoms with Crippen molar-refractivity contribution in [2.45, 2.75) is 18.6 Å². The van der Waals surface area contributed by atoms with Gasteiger partial charge in [-0.3, -0.25) is 0 Å². The normalized spacial score (nSPS) is 10.9. The van der Waals surface area contributed by atoms with Gasteiger partial charge in [-0.15, -0.1) is 0 Å². The van der Waals surface area contributed by atoms with Gasteiger partial charge in [0, 0.05) is 6.54 Å². The Morgan fingerprint density at radius 2 is 1.95 bits per heavy atom. The van der Waals surface area contributed by atoms with Gasteiger partial charge in [0.05, 0.1) is 0 Å². The van der Waals surface area contributed by atoms with Crippen LogP contribution in [0.15, 0.2) is 34.1 Å². The summed E-state index contributed by atoms with van der Waals surface area (Å²) in [5.74, 6) is 0.640. The average molecular weight is 287 g/mol. The van der Waals surface area contributed by atoms with E-state index in [1.165, 1.54) is 22.9 Å². The third kappa shape index (κ3) is 2.57. The van der Waals surface area contributed by atoms with Gasteiger partial charge in [-0.25, -0.2) is 9.61 Å². The van der Waals surface area contributed by atoms with Crippen molar-refractivity contribution in [3.63, 3.8) is 0 Å². The number of nitrogens with one attached hydrogen (secondary N) is 1. The van der Waals surface area contributed by atoms with Crippen LogP contribution in [0.25, 0.3) is 11.2 Å². The van der Waals surface area contributed by atoms with Crippen molar-refractivity contribution < 1.29 is 4.63 Å². The standard InChI is InChI=1S/C13H13N5OS/c1-8-3-5-9(6-4-8)7-14-11-10-12(18-19-17-10)16-13(15-11)20-2/h3-6H,7H2,1-2H3,(H,14,15,16,18). The number of hydrogen-bond acceptors (Lipinski definition) is 7. The summed E-state index contributed by atoms with van der Waals surface area (Å²) in [6, 6.07) is 8.32. The summed E-state index contributed by atoms with van der Waals surface area (Å²) in [6.07, 6.45) is 1.92. The molecule has 2 aromatic heterocycles. The molecule has 3 rings (SSSR count). The van der Waals surface area contributed by atoms with Crippen LogP contribution in [0.1, 0.15) is 11.1 Å². The number of fused-ring (bicyclic) bond motifs is 1. The van der Waals surface area contributed by atoms with E-state index in [1.807, 2.05) is 6.26 Å². The number of aryl methyl sites for hydroxylation is 1. The van der Waals surface area contributed by atoms with Gasteiger partial charge < -0.3 is 5.32 Å². The molecule has 0 saturated heterocycles. The van der Waals surface area contributed by atoms with E-state index >= 15 is 0 Å². The molecule has 0 bridgehead atoms. The molecule has 0 unspecified atom stereocenters. The van der Waals surface area contributed by atoms with E-state index in [9.17, 15) is 0 Å². The minimum atomic E-state index is 0.468. The van der Waals surface area contributed by atoms with E-state index in [1.54, 1.807) is 0 Å². The van der Waals surface area contributed by atoms with Crippen molar-refractivity contribution in [1.82, 2.24) is 20.3 Å². The van der Waals surface area contributed by atoms with Crippen LogP contribution in [0.3, 0.4) is 0 Å². The molecule has 0 fully saturated rings. The van der Waals surface area contributed by atoms with E-state index < -0.39 is 0 Å². The third-order valence-electron chi connectivity index (χ3n) is 2.87.